The molecule has 0 saturated carbocycles. The van der Waals surface area contributed by atoms with Crippen LogP contribution in [0.2, 0.25) is 5.02 Å². The first-order valence-electron chi connectivity index (χ1n) is 15.7. The molecule has 1 aliphatic rings. The predicted molar refractivity (Wildman–Crippen MR) is 189 cm³/mol. The van der Waals surface area contributed by atoms with Gasteiger partial charge in [-0.25, -0.2) is 9.97 Å². The summed E-state index contributed by atoms with van der Waals surface area (Å²) >= 11 is 6.59. The Morgan fingerprint density at radius 3 is 2.52 bits per heavy atom. The number of hydrogen-bond acceptors (Lipinski definition) is 8. The van der Waals surface area contributed by atoms with Crippen molar-refractivity contribution in [3.8, 4) is 5.69 Å². The summed E-state index contributed by atoms with van der Waals surface area (Å²) in [6, 6.07) is 22.0. The summed E-state index contributed by atoms with van der Waals surface area (Å²) in [6.45, 7) is 8.04. The second kappa shape index (κ2) is 12.0. The van der Waals surface area contributed by atoms with Crippen LogP contribution in [0.4, 0.5) is 5.82 Å². The molecule has 6 aromatic rings. The molecule has 0 bridgehead atoms. The fraction of sp³-hybridized carbons (Fsp3) is 0.250. The first-order chi connectivity index (χ1) is 22.9. The molecule has 48 heavy (non-hydrogen) atoms. The molecule has 0 spiro atoms. The van der Waals surface area contributed by atoms with E-state index in [4.69, 9.17) is 20.9 Å². The highest BCUT2D eigenvalue weighted by molar-refractivity contribution is 6.62. The molecule has 0 radical (unpaired) electrons. The minimum Gasteiger partial charge on any atom is -0.399 e. The van der Waals surface area contributed by atoms with Crippen LogP contribution >= 0.6 is 11.6 Å². The zero-order chi connectivity index (χ0) is 33.8. The number of aromatic nitrogens is 5. The number of nitrogens with one attached hydrogen (secondary N) is 1. The van der Waals surface area contributed by atoms with Crippen LogP contribution < -0.4 is 21.9 Å². The lowest BCUT2D eigenvalue weighted by molar-refractivity contribution is -0.00877. The first kappa shape index (κ1) is 31.7. The quantitative estimate of drug-likeness (QED) is 0.227. The normalized spacial score (nSPS) is 18.0. The maximum atomic E-state index is 14.2. The number of pyridine rings is 3. The molecule has 2 atom stereocenters. The third-order valence-electron chi connectivity index (χ3n) is 9.37. The smallest absolute Gasteiger partial charge is 0.399 e. The van der Waals surface area contributed by atoms with E-state index in [0.717, 1.165) is 27.6 Å². The number of nitrogens with zero attached hydrogens (tertiary/aromatic N) is 5. The van der Waals surface area contributed by atoms with Gasteiger partial charge < -0.3 is 19.2 Å². The lowest BCUT2D eigenvalue weighted by atomic mass is 9.80. The van der Waals surface area contributed by atoms with Gasteiger partial charge in [-0.15, -0.1) is 0 Å². The summed E-state index contributed by atoms with van der Waals surface area (Å²) < 4.78 is 16.1. The van der Waals surface area contributed by atoms with Gasteiger partial charge in [0.05, 0.1) is 33.2 Å². The molecular weight excluding hydrogens is 627 g/mol. The summed E-state index contributed by atoms with van der Waals surface area (Å²) in [7, 11) is 1.09. The predicted octanol–water partition coefficient (Wildman–Crippen LogP) is 5.38. The number of benzene rings is 2. The number of fused-ring (bicyclic) bond motifs is 2. The molecule has 1 saturated heterocycles. The van der Waals surface area contributed by atoms with E-state index in [0.29, 0.717) is 33.9 Å². The molecule has 0 amide bonds. The van der Waals surface area contributed by atoms with Crippen molar-refractivity contribution >= 4 is 51.8 Å². The maximum absolute atomic E-state index is 14.2. The van der Waals surface area contributed by atoms with Gasteiger partial charge in [-0.05, 0) is 80.5 Å². The summed E-state index contributed by atoms with van der Waals surface area (Å²) in [4.78, 5) is 39.4. The highest BCUT2D eigenvalue weighted by atomic mass is 35.5. The minimum absolute atomic E-state index is 0.0977. The molecule has 0 aliphatic carbocycles. The second-order valence-corrected chi connectivity index (χ2v) is 13.3. The van der Waals surface area contributed by atoms with E-state index in [9.17, 15) is 9.59 Å². The van der Waals surface area contributed by atoms with Crippen molar-refractivity contribution < 1.29 is 9.31 Å². The van der Waals surface area contributed by atoms with Gasteiger partial charge in [0.25, 0.3) is 5.56 Å². The zero-order valence-corrected chi connectivity index (χ0v) is 28.0. The molecule has 1 N–H and O–H groups in total. The Labute approximate surface area is 282 Å². The molecule has 1 aliphatic heterocycles. The molecule has 7 rings (SSSR count). The van der Waals surface area contributed by atoms with Crippen LogP contribution in [0.3, 0.4) is 0 Å². The van der Waals surface area contributed by atoms with Gasteiger partial charge in [-0.2, -0.15) is 0 Å². The topological polar surface area (TPSA) is 113 Å². The lowest BCUT2D eigenvalue weighted by Gasteiger charge is -2.36. The van der Waals surface area contributed by atoms with Crippen LogP contribution in [-0.4, -0.2) is 42.4 Å². The van der Waals surface area contributed by atoms with Crippen LogP contribution in [0.25, 0.3) is 27.5 Å². The van der Waals surface area contributed by atoms with Crippen molar-refractivity contribution in [1.29, 1.82) is 0 Å². The average Bonchev–Trinajstić information content (AvgIpc) is 3.30. The van der Waals surface area contributed by atoms with Crippen LogP contribution in [0.15, 0.2) is 101 Å². The summed E-state index contributed by atoms with van der Waals surface area (Å²) in [6.07, 6.45) is 5.50. The van der Waals surface area contributed by atoms with Crippen molar-refractivity contribution in [2.75, 3.05) is 5.32 Å². The molecule has 2 aromatic carbocycles. The Bertz CT molecular complexity index is 2300. The monoisotopic (exact) mass is 660 g/mol. The number of rotatable bonds is 7. The Morgan fingerprint density at radius 1 is 0.958 bits per heavy atom. The third-order valence-corrected chi connectivity index (χ3v) is 9.69. The van der Waals surface area contributed by atoms with E-state index >= 15 is 0 Å². The Balaban J connectivity index is 1.23. The fourth-order valence-electron chi connectivity index (χ4n) is 6.29. The molecule has 242 valence electrons. The highest BCUT2D eigenvalue weighted by Crippen LogP contribution is 2.40. The number of anilines is 1. The number of aryl methyl sites for hydroxylation is 1. The Morgan fingerprint density at radius 2 is 1.75 bits per heavy atom. The zero-order valence-electron chi connectivity index (χ0n) is 27.3. The van der Waals surface area contributed by atoms with Gasteiger partial charge in [0, 0.05) is 43.3 Å². The summed E-state index contributed by atoms with van der Waals surface area (Å²) in [5.41, 5.74) is 2.93. The van der Waals surface area contributed by atoms with Gasteiger partial charge in [-0.1, -0.05) is 41.9 Å². The molecular formula is C36H34BClN6O4. The van der Waals surface area contributed by atoms with Gasteiger partial charge in [-0.3, -0.25) is 19.1 Å². The maximum Gasteiger partial charge on any atom is 0.496 e. The second-order valence-electron chi connectivity index (χ2n) is 12.9. The largest absolute Gasteiger partial charge is 0.496 e. The van der Waals surface area contributed by atoms with E-state index < -0.39 is 18.3 Å². The van der Waals surface area contributed by atoms with Gasteiger partial charge in [0.1, 0.15) is 11.8 Å². The fourth-order valence-corrected chi connectivity index (χ4v) is 6.56. The molecule has 4 aromatic heterocycles. The molecule has 12 heteroatoms. The van der Waals surface area contributed by atoms with Crippen LogP contribution in [0.1, 0.15) is 45.0 Å². The molecule has 5 heterocycles. The lowest BCUT2D eigenvalue weighted by Crippen LogP contribution is -2.46. The van der Waals surface area contributed by atoms with E-state index in [1.165, 1.54) is 17.0 Å². The first-order valence-corrected chi connectivity index (χ1v) is 16.1. The minimum atomic E-state index is -0.681. The molecule has 2 unspecified atom stereocenters. The Hall–Kier alpha value is -4.84. The van der Waals surface area contributed by atoms with Crippen molar-refractivity contribution in [2.24, 2.45) is 7.05 Å². The van der Waals surface area contributed by atoms with Crippen molar-refractivity contribution in [2.45, 2.75) is 51.4 Å². The van der Waals surface area contributed by atoms with Gasteiger partial charge >= 0.3 is 7.12 Å². The van der Waals surface area contributed by atoms with E-state index in [2.05, 4.69) is 20.3 Å². The standard InChI is InChI=1S/C36H34BClN6O4/c1-22(42-33-32-28(40-21-41-33)10-7-17-39-32)29-18-24-8-6-9-27(38)31(24)34(46)44(29)26-14-11-23(12-15-26)19-36(4)35(2,3)47-37(48-36)25-13-16-30(45)43(5)20-25/h6-18,20-22H,19H2,1-5H3,(H,40,41,42). The average molecular weight is 661 g/mol. The van der Waals surface area contributed by atoms with Gasteiger partial charge in [0.15, 0.2) is 5.82 Å². The summed E-state index contributed by atoms with van der Waals surface area (Å²) in [5.74, 6) is 0.569. The number of halogens is 1. The van der Waals surface area contributed by atoms with Crippen LogP contribution in [-0.2, 0) is 22.8 Å². The SMILES string of the molecule is CC(Nc1ncnc2cccnc12)c1cc2cccc(Cl)c2c(=O)n1-c1ccc(CC2(C)OB(c3ccc(=O)n(C)c3)OC2(C)C)cc1. The van der Waals surface area contributed by atoms with Crippen LogP contribution in [0, 0.1) is 0 Å². The van der Waals surface area contributed by atoms with Gasteiger partial charge in [0.2, 0.25) is 5.56 Å². The summed E-state index contributed by atoms with van der Waals surface area (Å²) in [5, 5.41) is 5.05. The van der Waals surface area contributed by atoms with Crippen LogP contribution in [0.5, 0.6) is 0 Å². The van der Waals surface area contributed by atoms with Crippen molar-refractivity contribution in [1.82, 2.24) is 24.1 Å². The van der Waals surface area contributed by atoms with Crippen molar-refractivity contribution in [3.05, 3.63) is 129 Å². The molecule has 1 fully saturated rings. The van der Waals surface area contributed by atoms with E-state index in [1.807, 2.05) is 82.3 Å². The van der Waals surface area contributed by atoms with Crippen molar-refractivity contribution in [3.63, 3.8) is 0 Å². The molecule has 10 nitrogen and oxygen atoms in total. The third kappa shape index (κ3) is 5.57. The number of hydrogen-bond donors (Lipinski definition) is 1. The Kier molecular flexibility index (Phi) is 7.94. The van der Waals surface area contributed by atoms with E-state index in [1.54, 1.807) is 36.1 Å². The highest BCUT2D eigenvalue weighted by Gasteiger charge is 2.54. The van der Waals surface area contributed by atoms with E-state index in [-0.39, 0.29) is 17.2 Å².